The second-order valence-electron chi connectivity index (χ2n) is 6.30. The Kier molecular flexibility index (Phi) is 5.30. The van der Waals surface area contributed by atoms with Gasteiger partial charge in [-0.05, 0) is 31.5 Å². The van der Waals surface area contributed by atoms with Crippen LogP contribution in [0.1, 0.15) is 37.8 Å². The number of piperidine rings is 1. The van der Waals surface area contributed by atoms with Crippen LogP contribution < -0.4 is 5.32 Å². The Morgan fingerprint density at radius 2 is 1.70 bits per heavy atom. The summed E-state index contributed by atoms with van der Waals surface area (Å²) >= 11 is 2.01. The maximum atomic E-state index is 12.7. The van der Waals surface area contributed by atoms with E-state index in [1.807, 2.05) is 22.6 Å². The maximum Gasteiger partial charge on any atom is 0.416 e. The van der Waals surface area contributed by atoms with Crippen molar-refractivity contribution in [3.05, 3.63) is 35.4 Å². The lowest BCUT2D eigenvalue weighted by Gasteiger charge is -2.37. The maximum absolute atomic E-state index is 12.7. The van der Waals surface area contributed by atoms with Crippen molar-refractivity contribution in [3.63, 3.8) is 0 Å². The molecular formula is C16H20F3INO2+. The Balaban J connectivity index is 2.33. The van der Waals surface area contributed by atoms with Crippen LogP contribution in [-0.2, 0) is 21.3 Å². The van der Waals surface area contributed by atoms with E-state index < -0.39 is 20.8 Å². The third kappa shape index (κ3) is 4.37. The molecule has 0 radical (unpaired) electrons. The summed E-state index contributed by atoms with van der Waals surface area (Å²) in [5.41, 5.74) is -0.898. The molecule has 0 saturated carbocycles. The van der Waals surface area contributed by atoms with Crippen LogP contribution in [0.4, 0.5) is 13.2 Å². The molecule has 0 aliphatic carbocycles. The Bertz CT molecular complexity index is 558. The molecule has 23 heavy (non-hydrogen) atoms. The second kappa shape index (κ2) is 6.58. The van der Waals surface area contributed by atoms with Crippen LogP contribution in [0.2, 0.25) is 0 Å². The van der Waals surface area contributed by atoms with E-state index >= 15 is 0 Å². The fourth-order valence-electron chi connectivity index (χ4n) is 2.65. The van der Waals surface area contributed by atoms with Crippen molar-refractivity contribution in [3.8, 4) is 0 Å². The van der Waals surface area contributed by atoms with Gasteiger partial charge in [0.2, 0.25) is 0 Å². The molecule has 1 aromatic rings. The zero-order chi connectivity index (χ0) is 17.3. The molecule has 3 nitrogen and oxygen atoms in total. The fraction of sp³-hybridized carbons (Fsp3) is 0.562. The number of halogens is 4. The number of esters is 1. The van der Waals surface area contributed by atoms with Gasteiger partial charge in [0.25, 0.3) is 0 Å². The van der Waals surface area contributed by atoms with E-state index in [0.717, 1.165) is 25.2 Å². The van der Waals surface area contributed by atoms with E-state index in [1.54, 1.807) is 13.8 Å². The normalized spacial score (nSPS) is 18.5. The molecule has 0 atom stereocenters. The molecular weight excluding hydrogens is 422 g/mol. The number of benzene rings is 1. The number of rotatable bonds is 3. The SMILES string of the molecule is CC(C)(I)C(=O)OC1(c2ccc(C(F)(F)F)cc2)CC[NH2+]CC1. The van der Waals surface area contributed by atoms with Gasteiger partial charge in [-0.1, -0.05) is 34.7 Å². The average molecular weight is 442 g/mol. The fourth-order valence-corrected chi connectivity index (χ4v) is 2.76. The van der Waals surface area contributed by atoms with E-state index in [4.69, 9.17) is 4.74 Å². The van der Waals surface area contributed by atoms with Crippen LogP contribution in [0.15, 0.2) is 24.3 Å². The lowest BCUT2D eigenvalue weighted by molar-refractivity contribution is -0.668. The van der Waals surface area contributed by atoms with Gasteiger partial charge in [0, 0.05) is 12.8 Å². The molecule has 0 aromatic heterocycles. The highest BCUT2D eigenvalue weighted by Crippen LogP contribution is 2.38. The van der Waals surface area contributed by atoms with Gasteiger partial charge in [-0.15, -0.1) is 0 Å². The van der Waals surface area contributed by atoms with Crippen molar-refractivity contribution in [1.29, 1.82) is 0 Å². The third-order valence-electron chi connectivity index (χ3n) is 4.02. The number of ether oxygens (including phenoxy) is 1. The number of carbonyl (C=O) groups excluding carboxylic acids is 1. The number of carbonyl (C=O) groups is 1. The molecule has 0 unspecified atom stereocenters. The van der Waals surface area contributed by atoms with E-state index in [1.165, 1.54) is 12.1 Å². The van der Waals surface area contributed by atoms with Crippen molar-refractivity contribution in [2.24, 2.45) is 0 Å². The standard InChI is InChI=1S/C16H19F3INO2/c1-14(2,20)13(22)23-15(7-9-21-10-8-15)11-3-5-12(6-4-11)16(17,18)19/h3-6,21H,7-10H2,1-2H3/p+1. The summed E-state index contributed by atoms with van der Waals surface area (Å²) in [6.45, 7) is 5.06. The predicted octanol–water partition coefficient (Wildman–Crippen LogP) is 3.01. The quantitative estimate of drug-likeness (QED) is 0.445. The van der Waals surface area contributed by atoms with Crippen LogP contribution in [0.3, 0.4) is 0 Å². The van der Waals surface area contributed by atoms with Gasteiger partial charge in [0.05, 0.1) is 18.7 Å². The monoisotopic (exact) mass is 442 g/mol. The van der Waals surface area contributed by atoms with Crippen molar-refractivity contribution in [2.75, 3.05) is 13.1 Å². The number of hydrogen-bond donors (Lipinski definition) is 1. The summed E-state index contributed by atoms with van der Waals surface area (Å²) in [6, 6.07) is 4.97. The molecule has 0 bridgehead atoms. The van der Waals surface area contributed by atoms with Gasteiger partial charge in [-0.2, -0.15) is 13.2 Å². The highest BCUT2D eigenvalue weighted by molar-refractivity contribution is 14.1. The topological polar surface area (TPSA) is 42.9 Å². The third-order valence-corrected chi connectivity index (χ3v) is 4.46. The molecule has 1 aromatic carbocycles. The molecule has 128 valence electrons. The van der Waals surface area contributed by atoms with E-state index in [-0.39, 0.29) is 5.97 Å². The molecule has 1 aliphatic heterocycles. The number of hydrogen-bond acceptors (Lipinski definition) is 2. The summed E-state index contributed by atoms with van der Waals surface area (Å²) < 4.78 is 43.3. The molecule has 1 fully saturated rings. The molecule has 2 rings (SSSR count). The average Bonchev–Trinajstić information content (AvgIpc) is 2.46. The van der Waals surface area contributed by atoms with Gasteiger partial charge in [-0.3, -0.25) is 4.79 Å². The zero-order valence-electron chi connectivity index (χ0n) is 13.0. The molecule has 0 amide bonds. The Labute approximate surface area is 147 Å². The van der Waals surface area contributed by atoms with Gasteiger partial charge in [-0.25, -0.2) is 0 Å². The number of nitrogens with two attached hydrogens (primary N) is 1. The molecule has 7 heteroatoms. The zero-order valence-corrected chi connectivity index (χ0v) is 15.2. The summed E-state index contributed by atoms with van der Waals surface area (Å²) in [5, 5.41) is 2.12. The first-order valence-electron chi connectivity index (χ1n) is 7.46. The summed E-state index contributed by atoms with van der Waals surface area (Å²) in [7, 11) is 0. The minimum atomic E-state index is -4.37. The van der Waals surface area contributed by atoms with Gasteiger partial charge >= 0.3 is 12.1 Å². The molecule has 2 N–H and O–H groups in total. The van der Waals surface area contributed by atoms with E-state index in [2.05, 4.69) is 5.32 Å². The molecule has 0 spiro atoms. The molecule has 1 saturated heterocycles. The minimum absolute atomic E-state index is 0.347. The predicted molar refractivity (Wildman–Crippen MR) is 88.2 cm³/mol. The van der Waals surface area contributed by atoms with Crippen LogP contribution in [0.25, 0.3) is 0 Å². The smallest absolute Gasteiger partial charge is 0.416 e. The second-order valence-corrected chi connectivity index (χ2v) is 8.99. The Morgan fingerprint density at radius 1 is 1.17 bits per heavy atom. The first-order valence-corrected chi connectivity index (χ1v) is 8.54. The van der Waals surface area contributed by atoms with E-state index in [0.29, 0.717) is 18.4 Å². The van der Waals surface area contributed by atoms with Crippen LogP contribution in [0.5, 0.6) is 0 Å². The van der Waals surface area contributed by atoms with Crippen molar-refractivity contribution in [1.82, 2.24) is 0 Å². The first kappa shape index (κ1) is 18.5. The summed E-state index contributed by atoms with van der Waals surface area (Å²) in [6.07, 6.45) is -3.18. The van der Waals surface area contributed by atoms with Crippen LogP contribution in [0, 0.1) is 0 Å². The molecule has 1 aliphatic rings. The van der Waals surface area contributed by atoms with Crippen LogP contribution in [-0.4, -0.2) is 22.5 Å². The van der Waals surface area contributed by atoms with Crippen molar-refractivity contribution in [2.45, 2.75) is 41.9 Å². The van der Waals surface area contributed by atoms with Gasteiger partial charge < -0.3 is 10.1 Å². The van der Waals surface area contributed by atoms with Crippen LogP contribution >= 0.6 is 22.6 Å². The van der Waals surface area contributed by atoms with Crippen molar-refractivity contribution < 1.29 is 28.0 Å². The largest absolute Gasteiger partial charge is 0.453 e. The Hall–Kier alpha value is -0.830. The lowest BCUT2D eigenvalue weighted by Crippen LogP contribution is -2.87. The van der Waals surface area contributed by atoms with E-state index in [9.17, 15) is 18.0 Å². The molecule has 1 heterocycles. The highest BCUT2D eigenvalue weighted by Gasteiger charge is 2.42. The first-order chi connectivity index (χ1) is 10.5. The minimum Gasteiger partial charge on any atom is -0.453 e. The van der Waals surface area contributed by atoms with Gasteiger partial charge in [0.1, 0.15) is 9.02 Å². The lowest BCUT2D eigenvalue weighted by atomic mass is 9.84. The summed E-state index contributed by atoms with van der Waals surface area (Å²) in [5.74, 6) is -0.347. The number of quaternary nitrogens is 1. The Morgan fingerprint density at radius 3 is 2.13 bits per heavy atom. The summed E-state index contributed by atoms with van der Waals surface area (Å²) in [4.78, 5) is 12.3. The highest BCUT2D eigenvalue weighted by atomic mass is 127. The number of alkyl halides is 4. The van der Waals surface area contributed by atoms with Gasteiger partial charge in [0.15, 0.2) is 0 Å². The van der Waals surface area contributed by atoms with Crippen molar-refractivity contribution >= 4 is 28.6 Å².